The third kappa shape index (κ3) is 4.09. The number of carbonyl (C=O) groups excluding carboxylic acids is 1. The molecular weight excluding hydrogens is 337 g/mol. The maximum absolute atomic E-state index is 13.6. The molecule has 1 heterocycles. The van der Waals surface area contributed by atoms with Crippen LogP contribution in [0.2, 0.25) is 0 Å². The molecule has 0 saturated carbocycles. The normalized spacial score (nSPS) is 10.7. The van der Waals surface area contributed by atoms with E-state index in [0.29, 0.717) is 0 Å². The minimum atomic E-state index is -0.447. The number of aryl methyl sites for hydroxylation is 2. The highest BCUT2D eigenvalue weighted by Crippen LogP contribution is 2.24. The number of benzene rings is 2. The predicted molar refractivity (Wildman–Crippen MR) is 98.8 cm³/mol. The summed E-state index contributed by atoms with van der Waals surface area (Å²) in [5, 5.41) is 3.30. The van der Waals surface area contributed by atoms with Crippen molar-refractivity contribution in [3.8, 4) is 5.69 Å². The SMILES string of the molecule is Cc1ccc(C)c(-n2ccnc2SCC(=O)Nc2ccccc2F)c1. The molecule has 0 fully saturated rings. The van der Waals surface area contributed by atoms with Crippen LogP contribution in [0, 0.1) is 19.7 Å². The lowest BCUT2D eigenvalue weighted by atomic mass is 10.1. The van der Waals surface area contributed by atoms with E-state index in [-0.39, 0.29) is 17.3 Å². The molecule has 0 atom stereocenters. The quantitative estimate of drug-likeness (QED) is 0.692. The maximum Gasteiger partial charge on any atom is 0.234 e. The van der Waals surface area contributed by atoms with Crippen molar-refractivity contribution in [3.05, 3.63) is 71.8 Å². The summed E-state index contributed by atoms with van der Waals surface area (Å²) < 4.78 is 15.6. The molecule has 0 aliphatic rings. The van der Waals surface area contributed by atoms with Crippen LogP contribution in [0.25, 0.3) is 5.69 Å². The number of carbonyl (C=O) groups is 1. The highest BCUT2D eigenvalue weighted by Gasteiger charge is 2.12. The number of nitrogens with zero attached hydrogens (tertiary/aromatic N) is 2. The number of rotatable bonds is 5. The van der Waals surface area contributed by atoms with Crippen molar-refractivity contribution in [2.24, 2.45) is 0 Å². The molecule has 1 N–H and O–H groups in total. The fourth-order valence-corrected chi connectivity index (χ4v) is 3.20. The van der Waals surface area contributed by atoms with Crippen molar-refractivity contribution < 1.29 is 9.18 Å². The second kappa shape index (κ2) is 7.53. The second-order valence-electron chi connectivity index (χ2n) is 5.69. The van der Waals surface area contributed by atoms with E-state index < -0.39 is 5.82 Å². The monoisotopic (exact) mass is 355 g/mol. The van der Waals surface area contributed by atoms with Crippen LogP contribution in [0.4, 0.5) is 10.1 Å². The highest BCUT2D eigenvalue weighted by molar-refractivity contribution is 7.99. The molecule has 0 spiro atoms. The van der Waals surface area contributed by atoms with Gasteiger partial charge < -0.3 is 5.32 Å². The Morgan fingerprint density at radius 1 is 1.24 bits per heavy atom. The number of imidazole rings is 1. The van der Waals surface area contributed by atoms with E-state index >= 15 is 0 Å². The zero-order chi connectivity index (χ0) is 17.8. The van der Waals surface area contributed by atoms with Crippen LogP contribution in [0.15, 0.2) is 60.0 Å². The van der Waals surface area contributed by atoms with Gasteiger partial charge >= 0.3 is 0 Å². The van der Waals surface area contributed by atoms with Crippen molar-refractivity contribution in [3.63, 3.8) is 0 Å². The van der Waals surface area contributed by atoms with E-state index in [1.165, 1.54) is 23.9 Å². The number of nitrogens with one attached hydrogen (secondary N) is 1. The van der Waals surface area contributed by atoms with Gasteiger partial charge in [-0.15, -0.1) is 0 Å². The van der Waals surface area contributed by atoms with Gasteiger partial charge in [-0.3, -0.25) is 9.36 Å². The van der Waals surface area contributed by atoms with Gasteiger partial charge in [0.15, 0.2) is 5.16 Å². The van der Waals surface area contributed by atoms with Crippen molar-refractivity contribution in [1.29, 1.82) is 0 Å². The Hall–Kier alpha value is -2.60. The minimum Gasteiger partial charge on any atom is -0.323 e. The topological polar surface area (TPSA) is 46.9 Å². The van der Waals surface area contributed by atoms with Gasteiger partial charge in [0.05, 0.1) is 17.1 Å². The van der Waals surface area contributed by atoms with E-state index in [1.54, 1.807) is 18.3 Å². The number of aromatic nitrogens is 2. The van der Waals surface area contributed by atoms with Gasteiger partial charge in [-0.25, -0.2) is 9.37 Å². The maximum atomic E-state index is 13.6. The van der Waals surface area contributed by atoms with Crippen LogP contribution < -0.4 is 5.32 Å². The Bertz CT molecular complexity index is 907. The van der Waals surface area contributed by atoms with Gasteiger partial charge in [0.2, 0.25) is 5.91 Å². The van der Waals surface area contributed by atoms with E-state index in [2.05, 4.69) is 28.5 Å². The molecule has 3 aromatic rings. The molecule has 25 heavy (non-hydrogen) atoms. The third-order valence-electron chi connectivity index (χ3n) is 3.71. The Morgan fingerprint density at radius 3 is 2.84 bits per heavy atom. The number of hydrogen-bond donors (Lipinski definition) is 1. The molecule has 3 rings (SSSR count). The van der Waals surface area contributed by atoms with Crippen molar-refractivity contribution in [2.75, 3.05) is 11.1 Å². The lowest BCUT2D eigenvalue weighted by Crippen LogP contribution is -2.15. The Kier molecular flexibility index (Phi) is 5.19. The van der Waals surface area contributed by atoms with Crippen molar-refractivity contribution in [1.82, 2.24) is 9.55 Å². The van der Waals surface area contributed by atoms with Crippen LogP contribution in [-0.4, -0.2) is 21.2 Å². The molecule has 0 aliphatic carbocycles. The van der Waals surface area contributed by atoms with E-state index in [0.717, 1.165) is 22.0 Å². The van der Waals surface area contributed by atoms with Crippen LogP contribution in [0.5, 0.6) is 0 Å². The molecule has 0 saturated heterocycles. The molecule has 6 heteroatoms. The average molecular weight is 355 g/mol. The van der Waals surface area contributed by atoms with Gasteiger partial charge in [-0.1, -0.05) is 36.0 Å². The highest BCUT2D eigenvalue weighted by atomic mass is 32.2. The summed E-state index contributed by atoms with van der Waals surface area (Å²) in [6.07, 6.45) is 3.58. The van der Waals surface area contributed by atoms with Crippen molar-refractivity contribution >= 4 is 23.4 Å². The zero-order valence-corrected chi connectivity index (χ0v) is 14.8. The van der Waals surface area contributed by atoms with Crippen LogP contribution >= 0.6 is 11.8 Å². The molecule has 0 aliphatic heterocycles. The molecular formula is C19H18FN3OS. The molecule has 1 amide bonds. The van der Waals surface area contributed by atoms with Crippen molar-refractivity contribution in [2.45, 2.75) is 19.0 Å². The number of thioether (sulfide) groups is 1. The number of anilines is 1. The lowest BCUT2D eigenvalue weighted by molar-refractivity contribution is -0.113. The standard InChI is InChI=1S/C19H18FN3OS/c1-13-7-8-14(2)17(11-13)23-10-9-21-19(23)25-12-18(24)22-16-6-4-3-5-15(16)20/h3-11H,12H2,1-2H3,(H,22,24). The lowest BCUT2D eigenvalue weighted by Gasteiger charge is -2.11. The molecule has 4 nitrogen and oxygen atoms in total. The second-order valence-corrected chi connectivity index (χ2v) is 6.63. The predicted octanol–water partition coefficient (Wildman–Crippen LogP) is 4.36. The Labute approximate surface area is 150 Å². The molecule has 1 aromatic heterocycles. The number of amides is 1. The van der Waals surface area contributed by atoms with E-state index in [1.807, 2.05) is 24.6 Å². The Balaban J connectivity index is 1.71. The zero-order valence-electron chi connectivity index (χ0n) is 14.0. The Morgan fingerprint density at radius 2 is 2.04 bits per heavy atom. The summed E-state index contributed by atoms with van der Waals surface area (Å²) in [4.78, 5) is 16.4. The molecule has 0 radical (unpaired) electrons. The molecule has 128 valence electrons. The molecule has 0 bridgehead atoms. The van der Waals surface area contributed by atoms with Crippen LogP contribution in [0.1, 0.15) is 11.1 Å². The fourth-order valence-electron chi connectivity index (χ4n) is 2.44. The first-order valence-electron chi connectivity index (χ1n) is 7.83. The summed E-state index contributed by atoms with van der Waals surface area (Å²) in [6, 6.07) is 12.3. The van der Waals surface area contributed by atoms with E-state index in [9.17, 15) is 9.18 Å². The molecule has 0 unspecified atom stereocenters. The smallest absolute Gasteiger partial charge is 0.234 e. The van der Waals surface area contributed by atoms with Gasteiger partial charge in [-0.05, 0) is 43.2 Å². The van der Waals surface area contributed by atoms with Crippen LogP contribution in [0.3, 0.4) is 0 Å². The third-order valence-corrected chi connectivity index (χ3v) is 4.68. The first-order valence-corrected chi connectivity index (χ1v) is 8.81. The summed E-state index contributed by atoms with van der Waals surface area (Å²) >= 11 is 1.31. The van der Waals surface area contributed by atoms with Gasteiger partial charge in [0.25, 0.3) is 0 Å². The first-order chi connectivity index (χ1) is 12.0. The first kappa shape index (κ1) is 17.2. The van der Waals surface area contributed by atoms with Crippen LogP contribution in [-0.2, 0) is 4.79 Å². The summed E-state index contributed by atoms with van der Waals surface area (Å²) in [7, 11) is 0. The fraction of sp³-hybridized carbons (Fsp3) is 0.158. The summed E-state index contributed by atoms with van der Waals surface area (Å²) in [5.41, 5.74) is 3.50. The molecule has 2 aromatic carbocycles. The van der Waals surface area contributed by atoms with Gasteiger partial charge in [-0.2, -0.15) is 0 Å². The number of halogens is 1. The summed E-state index contributed by atoms with van der Waals surface area (Å²) in [5.74, 6) is -0.570. The minimum absolute atomic E-state index is 0.149. The van der Waals surface area contributed by atoms with Gasteiger partial charge in [0.1, 0.15) is 5.82 Å². The largest absolute Gasteiger partial charge is 0.323 e. The number of para-hydroxylation sites is 1. The van der Waals surface area contributed by atoms with Gasteiger partial charge in [0, 0.05) is 12.4 Å². The summed E-state index contributed by atoms with van der Waals surface area (Å²) in [6.45, 7) is 4.07. The average Bonchev–Trinajstić information content (AvgIpc) is 3.05. The number of hydrogen-bond acceptors (Lipinski definition) is 3. The van der Waals surface area contributed by atoms with E-state index in [4.69, 9.17) is 0 Å².